The molecule has 0 aliphatic rings. The Morgan fingerprint density at radius 3 is 0.896 bits per heavy atom. The molecule has 0 bridgehead atoms. The Morgan fingerprint density at radius 1 is 0.283 bits per heavy atom. The first kappa shape index (κ1) is 99.9. The van der Waals surface area contributed by atoms with E-state index >= 15 is 0 Å². The lowest BCUT2D eigenvalue weighted by atomic mass is 10.1. The number of allylic oxidation sites excluding steroid dienone is 31. The molecule has 19 heteroatoms. The highest BCUT2D eigenvalue weighted by molar-refractivity contribution is 7.47. The third kappa shape index (κ3) is 76.1. The topological polar surface area (TPSA) is 237 Å². The molecule has 0 aromatic carbocycles. The SMILES string of the molecule is CC/C=C\C/C=C\C/C=C\C/C=C\C/C=C\CCCCCC(=O)OCC(COP(=O)(O)OCC(O)COP(=O)(O)OCC(COC(=O)CCC/C=C\C/C=C\C/C=C\C/C=C\C/C=C\CC)OC(=O)C/C=C\C/C=C\C/C=C\C/C=C\C/C=C\CC)OC(=O)CCCCCCC/C=C\CCCCCCCC. The molecule has 0 saturated heterocycles. The third-order valence-corrected chi connectivity index (χ3v) is 17.5. The predicted octanol–water partition coefficient (Wildman–Crippen LogP) is 23.3. The minimum atomic E-state index is -5.03. The lowest BCUT2D eigenvalue weighted by Gasteiger charge is -2.21. The van der Waals surface area contributed by atoms with Gasteiger partial charge in [-0.1, -0.05) is 280 Å². The zero-order chi connectivity index (χ0) is 77.4. The van der Waals surface area contributed by atoms with Crippen molar-refractivity contribution in [3.8, 4) is 0 Å². The number of aliphatic hydroxyl groups is 1. The summed E-state index contributed by atoms with van der Waals surface area (Å²) in [6.07, 6.45) is 94.6. The Bertz CT molecular complexity index is 2780. The number of esters is 4. The van der Waals surface area contributed by atoms with Crippen LogP contribution in [0.4, 0.5) is 0 Å². The molecule has 0 aromatic heterocycles. The van der Waals surface area contributed by atoms with Crippen LogP contribution in [0.15, 0.2) is 194 Å². The second-order valence-corrected chi connectivity index (χ2v) is 28.4. The molecule has 0 amide bonds. The minimum absolute atomic E-state index is 0.0552. The van der Waals surface area contributed by atoms with Crippen molar-refractivity contribution in [1.82, 2.24) is 0 Å². The zero-order valence-corrected chi connectivity index (χ0v) is 67.1. The van der Waals surface area contributed by atoms with Crippen molar-refractivity contribution in [2.24, 2.45) is 0 Å². The highest BCUT2D eigenvalue weighted by Crippen LogP contribution is 2.45. The first-order chi connectivity index (χ1) is 51.7. The van der Waals surface area contributed by atoms with Crippen molar-refractivity contribution in [2.75, 3.05) is 39.6 Å². The Morgan fingerprint density at radius 2 is 0.538 bits per heavy atom. The average Bonchev–Trinajstić information content (AvgIpc) is 0.909. The van der Waals surface area contributed by atoms with E-state index in [1.165, 1.54) is 38.5 Å². The largest absolute Gasteiger partial charge is 0.472 e. The van der Waals surface area contributed by atoms with Crippen LogP contribution in [0.3, 0.4) is 0 Å². The molecule has 5 unspecified atom stereocenters. The molecule has 0 heterocycles. The van der Waals surface area contributed by atoms with E-state index in [9.17, 15) is 43.2 Å². The number of phosphoric acid groups is 2. The molecule has 598 valence electrons. The van der Waals surface area contributed by atoms with Crippen molar-refractivity contribution >= 4 is 39.5 Å². The molecule has 0 aromatic rings. The van der Waals surface area contributed by atoms with Crippen LogP contribution >= 0.6 is 15.6 Å². The molecule has 17 nitrogen and oxygen atoms in total. The van der Waals surface area contributed by atoms with Gasteiger partial charge in [-0.25, -0.2) is 9.13 Å². The average molecular weight is 1520 g/mol. The summed E-state index contributed by atoms with van der Waals surface area (Å²) in [4.78, 5) is 72.9. The molecule has 0 spiro atoms. The lowest BCUT2D eigenvalue weighted by Crippen LogP contribution is -2.30. The summed E-state index contributed by atoms with van der Waals surface area (Å²) in [5.41, 5.74) is 0. The number of hydrogen-bond acceptors (Lipinski definition) is 15. The van der Waals surface area contributed by atoms with Crippen molar-refractivity contribution < 1.29 is 80.2 Å². The van der Waals surface area contributed by atoms with E-state index in [-0.39, 0.29) is 25.7 Å². The van der Waals surface area contributed by atoms with Crippen molar-refractivity contribution in [2.45, 2.75) is 290 Å². The fourth-order valence-electron chi connectivity index (χ4n) is 9.65. The summed E-state index contributed by atoms with van der Waals surface area (Å²) in [5.74, 6) is -2.46. The summed E-state index contributed by atoms with van der Waals surface area (Å²) in [7, 11) is -10.0. The molecule has 0 fully saturated rings. The Labute approximate surface area is 640 Å². The molecular formula is C87H138O17P2. The van der Waals surface area contributed by atoms with E-state index in [0.29, 0.717) is 32.1 Å². The molecule has 5 atom stereocenters. The van der Waals surface area contributed by atoms with Crippen LogP contribution in [0, 0.1) is 0 Å². The van der Waals surface area contributed by atoms with E-state index in [4.69, 9.17) is 37.0 Å². The number of hydrogen-bond donors (Lipinski definition) is 3. The number of aliphatic hydroxyl groups excluding tert-OH is 1. The van der Waals surface area contributed by atoms with Gasteiger partial charge in [-0.15, -0.1) is 0 Å². The summed E-state index contributed by atoms with van der Waals surface area (Å²) in [6.45, 7) is 4.27. The summed E-state index contributed by atoms with van der Waals surface area (Å²) < 4.78 is 68.4. The van der Waals surface area contributed by atoms with Gasteiger partial charge in [-0.05, 0) is 161 Å². The minimum Gasteiger partial charge on any atom is -0.462 e. The van der Waals surface area contributed by atoms with Gasteiger partial charge >= 0.3 is 39.5 Å². The summed E-state index contributed by atoms with van der Waals surface area (Å²) >= 11 is 0. The highest BCUT2D eigenvalue weighted by atomic mass is 31.2. The molecule has 0 radical (unpaired) electrons. The fourth-order valence-corrected chi connectivity index (χ4v) is 11.2. The van der Waals surface area contributed by atoms with Crippen molar-refractivity contribution in [3.63, 3.8) is 0 Å². The number of carbonyl (C=O) groups excluding carboxylic acids is 4. The molecule has 106 heavy (non-hydrogen) atoms. The molecular weight excluding hydrogens is 1380 g/mol. The Hall–Kier alpha value is -6.10. The standard InChI is InChI=1S/C87H138O17P2/c1-5-9-13-17-21-25-29-33-37-39-40-42-46-48-52-56-60-64-68-72-85(90)98-78-83(104-87(92)74-70-66-62-58-54-50-44-36-32-28-24-20-16-12-8-4)80-102-106(95,96)100-76-81(88)75-99-105(93,94)101-79-82(103-86(91)73-69-65-61-57-53-49-43-35-31-27-23-19-15-11-7-3)77-97-84(89)71-67-63-59-55-51-47-45-41-38-34-30-26-22-18-14-10-6-2/h9-11,13-15,21-23,25-27,33-38,40,42-45,47-48,52-53,55,57,59,65,69,81-83,88H,5-8,12,16-20,24,28-32,39,41,46,49-51,54,56,58,60-64,66-68,70-80H2,1-4H3,(H,93,94)(H,95,96)/b13-9-,14-10-,15-11-,25-21-,26-22-,27-23-,37-33-,38-34-,42-40-,43-35-,44-36-,47-45-,52-48-,57-53-,59-55-,69-65-. The third-order valence-electron chi connectivity index (χ3n) is 15.6. The van der Waals surface area contributed by atoms with E-state index in [1.54, 1.807) is 12.2 Å². The van der Waals surface area contributed by atoms with Crippen LogP contribution in [-0.4, -0.2) is 96.7 Å². The monoisotopic (exact) mass is 1520 g/mol. The fraction of sp³-hybridized carbons (Fsp3) is 0.586. The number of ether oxygens (including phenoxy) is 4. The molecule has 0 rings (SSSR count). The van der Waals surface area contributed by atoms with Crippen LogP contribution in [0.25, 0.3) is 0 Å². The summed E-state index contributed by atoms with van der Waals surface area (Å²) in [6, 6.07) is 0. The van der Waals surface area contributed by atoms with Crippen LogP contribution < -0.4 is 0 Å². The van der Waals surface area contributed by atoms with Crippen LogP contribution in [0.1, 0.15) is 272 Å². The van der Waals surface area contributed by atoms with Gasteiger partial charge in [-0.2, -0.15) is 0 Å². The van der Waals surface area contributed by atoms with Crippen LogP contribution in [-0.2, 0) is 65.4 Å². The quantitative estimate of drug-likeness (QED) is 0.0169. The number of rotatable bonds is 72. The number of unbranched alkanes of at least 4 members (excludes halogenated alkanes) is 15. The van der Waals surface area contributed by atoms with Gasteiger partial charge in [0.15, 0.2) is 12.2 Å². The molecule has 0 aliphatic carbocycles. The molecule has 0 aliphatic heterocycles. The maximum Gasteiger partial charge on any atom is 0.472 e. The van der Waals surface area contributed by atoms with Crippen LogP contribution in [0.5, 0.6) is 0 Å². The Balaban J connectivity index is 5.53. The normalized spacial score (nSPS) is 14.9. The van der Waals surface area contributed by atoms with Gasteiger partial charge in [0.05, 0.1) is 32.8 Å². The van der Waals surface area contributed by atoms with Gasteiger partial charge in [0.2, 0.25) is 0 Å². The second-order valence-electron chi connectivity index (χ2n) is 25.5. The first-order valence-electron chi connectivity index (χ1n) is 39.7. The Kier molecular flexibility index (Phi) is 72.6. The number of phosphoric ester groups is 2. The molecule has 0 saturated carbocycles. The summed E-state index contributed by atoms with van der Waals surface area (Å²) in [5, 5.41) is 10.6. The van der Waals surface area contributed by atoms with Crippen LogP contribution in [0.2, 0.25) is 0 Å². The maximum atomic E-state index is 13.1. The van der Waals surface area contributed by atoms with E-state index in [2.05, 4.69) is 186 Å². The van der Waals surface area contributed by atoms with Gasteiger partial charge < -0.3 is 33.8 Å². The van der Waals surface area contributed by atoms with E-state index < -0.39 is 97.5 Å². The van der Waals surface area contributed by atoms with Gasteiger partial charge in [-0.3, -0.25) is 37.3 Å². The van der Waals surface area contributed by atoms with Crippen molar-refractivity contribution in [3.05, 3.63) is 194 Å². The smallest absolute Gasteiger partial charge is 0.462 e. The lowest BCUT2D eigenvalue weighted by molar-refractivity contribution is -0.161. The van der Waals surface area contributed by atoms with Gasteiger partial charge in [0, 0.05) is 19.3 Å². The molecule has 3 N–H and O–H groups in total. The van der Waals surface area contributed by atoms with Gasteiger partial charge in [0.25, 0.3) is 0 Å². The maximum absolute atomic E-state index is 13.1. The van der Waals surface area contributed by atoms with Crippen molar-refractivity contribution in [1.29, 1.82) is 0 Å². The zero-order valence-electron chi connectivity index (χ0n) is 65.3. The first-order valence-corrected chi connectivity index (χ1v) is 42.7. The highest BCUT2D eigenvalue weighted by Gasteiger charge is 2.30. The van der Waals surface area contributed by atoms with Gasteiger partial charge in [0.1, 0.15) is 19.3 Å². The number of carbonyl (C=O) groups is 4. The second kappa shape index (κ2) is 77.1. The van der Waals surface area contributed by atoms with E-state index in [0.717, 1.165) is 148 Å². The predicted molar refractivity (Wildman–Crippen MR) is 436 cm³/mol. The van der Waals surface area contributed by atoms with E-state index in [1.807, 2.05) is 24.3 Å².